The summed E-state index contributed by atoms with van der Waals surface area (Å²) in [4.78, 5) is 12.6. The Morgan fingerprint density at radius 1 is 1.29 bits per heavy atom. The molecule has 0 fully saturated rings. The predicted octanol–water partition coefficient (Wildman–Crippen LogP) is 3.09. The summed E-state index contributed by atoms with van der Waals surface area (Å²) in [6.45, 7) is 1.92. The van der Waals surface area contributed by atoms with Gasteiger partial charge in [-0.05, 0) is 58.7 Å². The normalized spacial score (nSPS) is 11.9. The summed E-state index contributed by atoms with van der Waals surface area (Å²) in [5.41, 5.74) is 7.86. The molecule has 0 aliphatic rings. The van der Waals surface area contributed by atoms with Gasteiger partial charge in [-0.2, -0.15) is 0 Å². The highest BCUT2D eigenvalue weighted by molar-refractivity contribution is 9.10. The number of anilines is 2. The molecule has 0 saturated carbocycles. The van der Waals surface area contributed by atoms with Crippen LogP contribution in [0.15, 0.2) is 51.8 Å². The molecule has 0 radical (unpaired) electrons. The van der Waals surface area contributed by atoms with Gasteiger partial charge in [0.15, 0.2) is 0 Å². The van der Waals surface area contributed by atoms with Crippen molar-refractivity contribution in [1.82, 2.24) is 0 Å². The zero-order valence-electron chi connectivity index (χ0n) is 11.4. The highest BCUT2D eigenvalue weighted by Crippen LogP contribution is 2.24. The first-order chi connectivity index (χ1) is 9.95. The smallest absolute Gasteiger partial charge is 0.237 e. The summed E-state index contributed by atoms with van der Waals surface area (Å²) < 4.78 is 12.8. The zero-order chi connectivity index (χ0) is 15.4. The van der Waals surface area contributed by atoms with E-state index in [9.17, 15) is 9.00 Å². The van der Waals surface area contributed by atoms with Gasteiger partial charge in [-0.15, -0.1) is 0 Å². The maximum absolute atomic E-state index is 12.2. The first kappa shape index (κ1) is 15.7. The van der Waals surface area contributed by atoms with E-state index in [1.807, 2.05) is 25.1 Å². The van der Waals surface area contributed by atoms with Crippen molar-refractivity contribution in [3.63, 3.8) is 0 Å². The van der Waals surface area contributed by atoms with Gasteiger partial charge in [-0.1, -0.05) is 12.1 Å². The lowest BCUT2D eigenvalue weighted by Gasteiger charge is -2.08. The number of nitrogens with one attached hydrogen (secondary N) is 1. The third kappa shape index (κ3) is 4.41. The highest BCUT2D eigenvalue weighted by atomic mass is 79.9. The molecule has 4 nitrogen and oxygen atoms in total. The average molecular weight is 367 g/mol. The molecule has 110 valence electrons. The molecule has 2 aromatic carbocycles. The van der Waals surface area contributed by atoms with Gasteiger partial charge in [0.25, 0.3) is 0 Å². The van der Waals surface area contributed by atoms with Crippen LogP contribution in [0.4, 0.5) is 11.4 Å². The number of hydrogen-bond acceptors (Lipinski definition) is 3. The van der Waals surface area contributed by atoms with Crippen molar-refractivity contribution in [1.29, 1.82) is 0 Å². The molecule has 0 aromatic heterocycles. The molecule has 3 N–H and O–H groups in total. The van der Waals surface area contributed by atoms with Gasteiger partial charge in [0.1, 0.15) is 5.75 Å². The molecule has 0 aliphatic carbocycles. The first-order valence-corrected chi connectivity index (χ1v) is 8.37. The Balaban J connectivity index is 2.03. The van der Waals surface area contributed by atoms with E-state index in [1.54, 1.807) is 24.3 Å². The van der Waals surface area contributed by atoms with Crippen LogP contribution in [0.5, 0.6) is 0 Å². The van der Waals surface area contributed by atoms with E-state index in [1.165, 1.54) is 0 Å². The SMILES string of the molecule is Cc1cccc(S(=O)CC(=O)Nc2ccc(N)cc2Br)c1. The average Bonchev–Trinajstić information content (AvgIpc) is 2.42. The van der Waals surface area contributed by atoms with Crippen LogP contribution in [0.3, 0.4) is 0 Å². The van der Waals surface area contributed by atoms with Crippen molar-refractivity contribution < 1.29 is 9.00 Å². The number of aryl methyl sites for hydroxylation is 1. The predicted molar refractivity (Wildman–Crippen MR) is 89.6 cm³/mol. The summed E-state index contributed by atoms with van der Waals surface area (Å²) in [5, 5.41) is 2.72. The fraction of sp³-hybridized carbons (Fsp3) is 0.133. The molecule has 0 saturated heterocycles. The van der Waals surface area contributed by atoms with Crippen molar-refractivity contribution in [3.8, 4) is 0 Å². The van der Waals surface area contributed by atoms with Crippen LogP contribution in [0.1, 0.15) is 5.56 Å². The lowest BCUT2D eigenvalue weighted by atomic mass is 10.2. The molecule has 0 spiro atoms. The number of carbonyl (C=O) groups excluding carboxylic acids is 1. The van der Waals surface area contributed by atoms with Crippen molar-refractivity contribution in [2.75, 3.05) is 16.8 Å². The largest absolute Gasteiger partial charge is 0.399 e. The second kappa shape index (κ2) is 6.87. The van der Waals surface area contributed by atoms with Gasteiger partial charge < -0.3 is 11.1 Å². The number of rotatable bonds is 4. The second-order valence-corrected chi connectivity index (χ2v) is 6.90. The molecule has 0 bridgehead atoms. The van der Waals surface area contributed by atoms with Crippen LogP contribution in [-0.2, 0) is 15.6 Å². The minimum atomic E-state index is -1.36. The van der Waals surface area contributed by atoms with E-state index in [4.69, 9.17) is 5.73 Å². The quantitative estimate of drug-likeness (QED) is 0.816. The van der Waals surface area contributed by atoms with Gasteiger partial charge >= 0.3 is 0 Å². The van der Waals surface area contributed by atoms with Gasteiger partial charge in [0.2, 0.25) is 5.91 Å². The molecule has 0 heterocycles. The first-order valence-electron chi connectivity index (χ1n) is 6.25. The van der Waals surface area contributed by atoms with Crippen LogP contribution in [0.25, 0.3) is 0 Å². The van der Waals surface area contributed by atoms with Crippen LogP contribution in [0, 0.1) is 6.92 Å². The van der Waals surface area contributed by atoms with E-state index in [2.05, 4.69) is 21.2 Å². The molecule has 2 aromatic rings. The van der Waals surface area contributed by atoms with Crippen LogP contribution in [-0.4, -0.2) is 15.9 Å². The summed E-state index contributed by atoms with van der Waals surface area (Å²) in [6.07, 6.45) is 0. The fourth-order valence-electron chi connectivity index (χ4n) is 1.78. The topological polar surface area (TPSA) is 72.2 Å². The Labute approximate surface area is 134 Å². The number of halogens is 1. The minimum absolute atomic E-state index is 0.0831. The summed E-state index contributed by atoms with van der Waals surface area (Å²) in [6, 6.07) is 12.4. The molecular formula is C15H15BrN2O2S. The molecule has 1 unspecified atom stereocenters. The fourth-order valence-corrected chi connectivity index (χ4v) is 3.30. The maximum atomic E-state index is 12.2. The van der Waals surface area contributed by atoms with Crippen molar-refractivity contribution in [2.24, 2.45) is 0 Å². The van der Waals surface area contributed by atoms with E-state index in [-0.39, 0.29) is 11.7 Å². The Morgan fingerprint density at radius 2 is 2.05 bits per heavy atom. The molecule has 6 heteroatoms. The third-order valence-electron chi connectivity index (χ3n) is 2.78. The lowest BCUT2D eigenvalue weighted by Crippen LogP contribution is -2.19. The Morgan fingerprint density at radius 3 is 2.71 bits per heavy atom. The Kier molecular flexibility index (Phi) is 5.14. The second-order valence-electron chi connectivity index (χ2n) is 4.59. The summed E-state index contributed by atoms with van der Waals surface area (Å²) in [5.74, 6) is -0.388. The van der Waals surface area contributed by atoms with Gasteiger partial charge in [0, 0.05) is 15.1 Å². The molecular weight excluding hydrogens is 352 g/mol. The van der Waals surface area contributed by atoms with Crippen LogP contribution in [0.2, 0.25) is 0 Å². The summed E-state index contributed by atoms with van der Waals surface area (Å²) in [7, 11) is -1.36. The number of nitrogen functional groups attached to an aromatic ring is 1. The van der Waals surface area contributed by atoms with Gasteiger partial charge in [0.05, 0.1) is 16.5 Å². The molecule has 0 aliphatic heterocycles. The van der Waals surface area contributed by atoms with Crippen LogP contribution >= 0.6 is 15.9 Å². The van der Waals surface area contributed by atoms with Crippen molar-refractivity contribution >= 4 is 44.0 Å². The Bertz CT molecular complexity index is 704. The maximum Gasteiger partial charge on any atom is 0.237 e. The van der Waals surface area contributed by atoms with E-state index >= 15 is 0 Å². The van der Waals surface area contributed by atoms with E-state index in [0.29, 0.717) is 20.7 Å². The van der Waals surface area contributed by atoms with Crippen molar-refractivity contribution in [3.05, 3.63) is 52.5 Å². The van der Waals surface area contributed by atoms with Gasteiger partial charge in [-0.3, -0.25) is 9.00 Å². The standard InChI is InChI=1S/C15H15BrN2O2S/c1-10-3-2-4-12(7-10)21(20)9-15(19)18-14-6-5-11(17)8-13(14)16/h2-8H,9,17H2,1H3,(H,18,19). The number of benzene rings is 2. The summed E-state index contributed by atoms with van der Waals surface area (Å²) >= 11 is 3.33. The lowest BCUT2D eigenvalue weighted by molar-refractivity contribution is -0.113. The zero-order valence-corrected chi connectivity index (χ0v) is 13.8. The molecule has 21 heavy (non-hydrogen) atoms. The molecule has 1 atom stereocenters. The highest BCUT2D eigenvalue weighted by Gasteiger charge is 2.12. The third-order valence-corrected chi connectivity index (χ3v) is 4.74. The van der Waals surface area contributed by atoms with E-state index in [0.717, 1.165) is 5.56 Å². The van der Waals surface area contributed by atoms with Gasteiger partial charge in [-0.25, -0.2) is 0 Å². The number of carbonyl (C=O) groups is 1. The van der Waals surface area contributed by atoms with Crippen LogP contribution < -0.4 is 11.1 Å². The van der Waals surface area contributed by atoms with Crippen molar-refractivity contribution in [2.45, 2.75) is 11.8 Å². The molecule has 1 amide bonds. The number of nitrogens with two attached hydrogens (primary N) is 1. The monoisotopic (exact) mass is 366 g/mol. The molecule has 2 rings (SSSR count). The minimum Gasteiger partial charge on any atom is -0.399 e. The Hall–Kier alpha value is -1.66. The number of hydrogen-bond donors (Lipinski definition) is 2. The van der Waals surface area contributed by atoms with E-state index < -0.39 is 10.8 Å². The number of amides is 1.